The molecule has 0 amide bonds. The highest BCUT2D eigenvalue weighted by Gasteiger charge is 2.18. The van der Waals surface area contributed by atoms with Crippen LogP contribution in [0.2, 0.25) is 0 Å². The molecule has 0 spiro atoms. The summed E-state index contributed by atoms with van der Waals surface area (Å²) in [5.41, 5.74) is 1.33. The van der Waals surface area contributed by atoms with Crippen molar-refractivity contribution in [3.63, 3.8) is 0 Å². The van der Waals surface area contributed by atoms with Crippen LogP contribution in [0.25, 0.3) is 0 Å². The molecule has 0 N–H and O–H groups in total. The minimum Gasteiger partial charge on any atom is -0.457 e. The van der Waals surface area contributed by atoms with Gasteiger partial charge in [-0.15, -0.1) is 0 Å². The van der Waals surface area contributed by atoms with Crippen molar-refractivity contribution < 1.29 is 4.74 Å². The second-order valence-corrected chi connectivity index (χ2v) is 5.97. The third-order valence-electron chi connectivity index (χ3n) is 3.56. The summed E-state index contributed by atoms with van der Waals surface area (Å²) in [4.78, 5) is 2.45. The van der Waals surface area contributed by atoms with E-state index in [2.05, 4.69) is 29.7 Å². The van der Waals surface area contributed by atoms with Crippen molar-refractivity contribution in [3.8, 4) is 11.5 Å². The standard InChI is InChI=1S/C17H19NOS/c20-17-10-11-18(13-17)12-14-6-8-16(9-7-14)19-15-4-2-1-3-5-15/h1-9,17,20H,10-13H2/t17-/m1/s1. The molecule has 1 fully saturated rings. The van der Waals surface area contributed by atoms with E-state index in [0.717, 1.165) is 31.1 Å². The summed E-state index contributed by atoms with van der Waals surface area (Å²) in [5, 5.41) is 0.538. The number of hydrogen-bond acceptors (Lipinski definition) is 3. The molecule has 0 saturated carbocycles. The summed E-state index contributed by atoms with van der Waals surface area (Å²) in [6.07, 6.45) is 1.19. The zero-order valence-corrected chi connectivity index (χ0v) is 12.3. The monoisotopic (exact) mass is 285 g/mol. The Morgan fingerprint density at radius 3 is 2.35 bits per heavy atom. The predicted octanol–water partition coefficient (Wildman–Crippen LogP) is 3.98. The van der Waals surface area contributed by atoms with Gasteiger partial charge in [0.2, 0.25) is 0 Å². The lowest BCUT2D eigenvalue weighted by atomic mass is 10.2. The topological polar surface area (TPSA) is 12.5 Å². The maximum Gasteiger partial charge on any atom is 0.127 e. The molecule has 0 aliphatic carbocycles. The van der Waals surface area contributed by atoms with Gasteiger partial charge in [-0.1, -0.05) is 30.3 Å². The van der Waals surface area contributed by atoms with Gasteiger partial charge in [0, 0.05) is 18.3 Å². The minimum atomic E-state index is 0.538. The lowest BCUT2D eigenvalue weighted by Crippen LogP contribution is -2.20. The average molecular weight is 285 g/mol. The van der Waals surface area contributed by atoms with E-state index in [0.29, 0.717) is 5.25 Å². The van der Waals surface area contributed by atoms with Gasteiger partial charge in [0.05, 0.1) is 0 Å². The smallest absolute Gasteiger partial charge is 0.127 e. The predicted molar refractivity (Wildman–Crippen MR) is 85.6 cm³/mol. The molecular weight excluding hydrogens is 266 g/mol. The Bertz CT molecular complexity index is 541. The van der Waals surface area contributed by atoms with Gasteiger partial charge in [0.15, 0.2) is 0 Å². The molecule has 1 atom stereocenters. The number of rotatable bonds is 4. The van der Waals surface area contributed by atoms with Crippen LogP contribution in [0.4, 0.5) is 0 Å². The average Bonchev–Trinajstić information content (AvgIpc) is 2.88. The molecule has 104 valence electrons. The van der Waals surface area contributed by atoms with Crippen molar-refractivity contribution in [1.82, 2.24) is 4.90 Å². The Labute approximate surface area is 125 Å². The van der Waals surface area contributed by atoms with Crippen LogP contribution in [-0.2, 0) is 6.54 Å². The zero-order valence-electron chi connectivity index (χ0n) is 11.4. The fourth-order valence-corrected chi connectivity index (χ4v) is 2.85. The number of ether oxygens (including phenoxy) is 1. The second kappa shape index (κ2) is 6.33. The summed E-state index contributed by atoms with van der Waals surface area (Å²) in [6.45, 7) is 3.24. The highest BCUT2D eigenvalue weighted by Crippen LogP contribution is 2.22. The molecule has 3 heteroatoms. The van der Waals surface area contributed by atoms with Crippen LogP contribution in [0.1, 0.15) is 12.0 Å². The largest absolute Gasteiger partial charge is 0.457 e. The first kappa shape index (κ1) is 13.5. The number of para-hydroxylation sites is 1. The molecule has 3 rings (SSSR count). The zero-order chi connectivity index (χ0) is 13.8. The van der Waals surface area contributed by atoms with E-state index in [1.165, 1.54) is 12.0 Å². The molecular formula is C17H19NOS. The van der Waals surface area contributed by atoms with Crippen molar-refractivity contribution >= 4 is 12.6 Å². The summed E-state index contributed by atoms with van der Waals surface area (Å²) >= 11 is 4.53. The molecule has 0 radical (unpaired) electrons. The molecule has 1 aliphatic heterocycles. The van der Waals surface area contributed by atoms with Crippen LogP contribution in [0.15, 0.2) is 54.6 Å². The molecule has 2 aromatic carbocycles. The van der Waals surface area contributed by atoms with E-state index in [1.807, 2.05) is 42.5 Å². The SMILES string of the molecule is S[C@@H]1CCN(Cc2ccc(Oc3ccccc3)cc2)C1. The lowest BCUT2D eigenvalue weighted by Gasteiger charge is -2.15. The molecule has 20 heavy (non-hydrogen) atoms. The summed E-state index contributed by atoms with van der Waals surface area (Å²) < 4.78 is 5.79. The quantitative estimate of drug-likeness (QED) is 0.853. The van der Waals surface area contributed by atoms with Crippen LogP contribution in [-0.4, -0.2) is 23.2 Å². The molecule has 0 aromatic heterocycles. The molecule has 2 nitrogen and oxygen atoms in total. The van der Waals surface area contributed by atoms with Crippen LogP contribution >= 0.6 is 12.6 Å². The van der Waals surface area contributed by atoms with E-state index < -0.39 is 0 Å². The Kier molecular flexibility index (Phi) is 4.28. The van der Waals surface area contributed by atoms with E-state index >= 15 is 0 Å². The fraction of sp³-hybridized carbons (Fsp3) is 0.294. The number of likely N-dealkylation sites (tertiary alicyclic amines) is 1. The Balaban J connectivity index is 1.60. The van der Waals surface area contributed by atoms with Crippen molar-refractivity contribution in [3.05, 3.63) is 60.2 Å². The van der Waals surface area contributed by atoms with Gasteiger partial charge in [0.1, 0.15) is 11.5 Å². The van der Waals surface area contributed by atoms with Crippen LogP contribution in [0.5, 0.6) is 11.5 Å². The first-order valence-electron chi connectivity index (χ1n) is 7.02. The Morgan fingerprint density at radius 1 is 1.00 bits per heavy atom. The normalized spacial score (nSPS) is 19.1. The van der Waals surface area contributed by atoms with Crippen molar-refractivity contribution in [2.45, 2.75) is 18.2 Å². The third-order valence-corrected chi connectivity index (χ3v) is 3.98. The van der Waals surface area contributed by atoms with E-state index in [4.69, 9.17) is 4.74 Å². The molecule has 1 saturated heterocycles. The van der Waals surface area contributed by atoms with Crippen molar-refractivity contribution in [2.24, 2.45) is 0 Å². The highest BCUT2D eigenvalue weighted by atomic mass is 32.1. The van der Waals surface area contributed by atoms with Crippen LogP contribution in [0.3, 0.4) is 0 Å². The Hall–Kier alpha value is -1.45. The second-order valence-electron chi connectivity index (χ2n) is 5.24. The van der Waals surface area contributed by atoms with E-state index in [9.17, 15) is 0 Å². The maximum atomic E-state index is 5.79. The first-order chi connectivity index (χ1) is 9.79. The van der Waals surface area contributed by atoms with Gasteiger partial charge in [-0.3, -0.25) is 4.90 Å². The van der Waals surface area contributed by atoms with Gasteiger partial charge in [-0.25, -0.2) is 0 Å². The number of nitrogens with zero attached hydrogens (tertiary/aromatic N) is 1. The highest BCUT2D eigenvalue weighted by molar-refractivity contribution is 7.81. The lowest BCUT2D eigenvalue weighted by molar-refractivity contribution is 0.332. The summed E-state index contributed by atoms with van der Waals surface area (Å²) in [5.74, 6) is 1.76. The molecule has 1 aliphatic rings. The molecule has 1 heterocycles. The first-order valence-corrected chi connectivity index (χ1v) is 7.53. The molecule has 0 unspecified atom stereocenters. The Morgan fingerprint density at radius 2 is 1.70 bits per heavy atom. The van der Waals surface area contributed by atoms with Crippen LogP contribution in [0, 0.1) is 0 Å². The van der Waals surface area contributed by atoms with Gasteiger partial charge in [0.25, 0.3) is 0 Å². The van der Waals surface area contributed by atoms with Gasteiger partial charge >= 0.3 is 0 Å². The van der Waals surface area contributed by atoms with Gasteiger partial charge in [-0.05, 0) is 42.8 Å². The maximum absolute atomic E-state index is 5.79. The number of thiol groups is 1. The van der Waals surface area contributed by atoms with Gasteiger partial charge < -0.3 is 4.74 Å². The fourth-order valence-electron chi connectivity index (χ4n) is 2.50. The number of hydrogen-bond donors (Lipinski definition) is 1. The summed E-state index contributed by atoms with van der Waals surface area (Å²) in [6, 6.07) is 18.2. The van der Waals surface area contributed by atoms with Crippen LogP contribution < -0.4 is 4.74 Å². The number of benzene rings is 2. The minimum absolute atomic E-state index is 0.538. The van der Waals surface area contributed by atoms with E-state index in [-0.39, 0.29) is 0 Å². The summed E-state index contributed by atoms with van der Waals surface area (Å²) in [7, 11) is 0. The third kappa shape index (κ3) is 3.56. The van der Waals surface area contributed by atoms with E-state index in [1.54, 1.807) is 0 Å². The van der Waals surface area contributed by atoms with Crippen molar-refractivity contribution in [1.29, 1.82) is 0 Å². The van der Waals surface area contributed by atoms with Crippen molar-refractivity contribution in [2.75, 3.05) is 13.1 Å². The van der Waals surface area contributed by atoms with Gasteiger partial charge in [-0.2, -0.15) is 12.6 Å². The molecule has 0 bridgehead atoms. The molecule has 2 aromatic rings.